The highest BCUT2D eigenvalue weighted by atomic mass is 16.4. The maximum atomic E-state index is 11.7. The van der Waals surface area contributed by atoms with Crippen molar-refractivity contribution in [1.82, 2.24) is 15.5 Å². The molecule has 0 saturated heterocycles. The van der Waals surface area contributed by atoms with E-state index in [1.54, 1.807) is 0 Å². The van der Waals surface area contributed by atoms with Gasteiger partial charge in [0.2, 0.25) is 0 Å². The molecule has 0 heterocycles. The van der Waals surface area contributed by atoms with Crippen LogP contribution in [0.4, 0.5) is 4.79 Å². The zero-order valence-electron chi connectivity index (χ0n) is 12.8. The van der Waals surface area contributed by atoms with E-state index < -0.39 is 18.0 Å². The van der Waals surface area contributed by atoms with Crippen molar-refractivity contribution in [1.29, 1.82) is 0 Å². The van der Waals surface area contributed by atoms with Crippen molar-refractivity contribution < 1.29 is 14.7 Å². The molecular formula is C14H27N3O3. The first-order valence-electron chi connectivity index (χ1n) is 7.35. The lowest BCUT2D eigenvalue weighted by atomic mass is 10.2. The molecule has 0 radical (unpaired) electrons. The smallest absolute Gasteiger partial charge is 0.326 e. The molecule has 3 N–H and O–H groups in total. The maximum Gasteiger partial charge on any atom is 0.326 e. The van der Waals surface area contributed by atoms with Crippen LogP contribution < -0.4 is 10.6 Å². The number of nitrogens with zero attached hydrogens (tertiary/aromatic N) is 1. The van der Waals surface area contributed by atoms with E-state index in [2.05, 4.69) is 43.2 Å². The Balaban J connectivity index is 2.30. The summed E-state index contributed by atoms with van der Waals surface area (Å²) in [4.78, 5) is 25.0. The number of carbonyl (C=O) groups excluding carboxylic acids is 1. The molecule has 1 rings (SSSR count). The van der Waals surface area contributed by atoms with Crippen molar-refractivity contribution >= 4 is 12.0 Å². The second-order valence-electron chi connectivity index (χ2n) is 5.98. The third-order valence-electron chi connectivity index (χ3n) is 3.63. The summed E-state index contributed by atoms with van der Waals surface area (Å²) in [6.45, 7) is 9.74. The van der Waals surface area contributed by atoms with Crippen LogP contribution >= 0.6 is 0 Å². The molecule has 0 aromatic carbocycles. The van der Waals surface area contributed by atoms with Crippen LogP contribution in [0.15, 0.2) is 0 Å². The van der Waals surface area contributed by atoms with Gasteiger partial charge in [-0.05, 0) is 46.5 Å². The molecule has 0 spiro atoms. The number of hydrogen-bond donors (Lipinski definition) is 3. The van der Waals surface area contributed by atoms with E-state index >= 15 is 0 Å². The van der Waals surface area contributed by atoms with E-state index in [4.69, 9.17) is 5.11 Å². The van der Waals surface area contributed by atoms with Crippen LogP contribution in [-0.4, -0.2) is 53.2 Å². The summed E-state index contributed by atoms with van der Waals surface area (Å²) in [5, 5.41) is 14.3. The number of carbonyl (C=O) groups is 2. The minimum Gasteiger partial charge on any atom is -0.480 e. The lowest BCUT2D eigenvalue weighted by Crippen LogP contribution is -2.49. The van der Waals surface area contributed by atoms with Gasteiger partial charge in [0.15, 0.2) is 0 Å². The summed E-state index contributed by atoms with van der Waals surface area (Å²) < 4.78 is 0. The second-order valence-corrected chi connectivity index (χ2v) is 5.98. The van der Waals surface area contributed by atoms with Crippen molar-refractivity contribution in [2.24, 2.45) is 5.92 Å². The molecule has 0 aromatic heterocycles. The lowest BCUT2D eigenvalue weighted by molar-refractivity contribution is -0.139. The zero-order valence-corrected chi connectivity index (χ0v) is 12.8. The summed E-state index contributed by atoms with van der Waals surface area (Å²) in [7, 11) is 0. The summed E-state index contributed by atoms with van der Waals surface area (Å²) in [6, 6.07) is -0.311. The molecule has 6 nitrogen and oxygen atoms in total. The first kappa shape index (κ1) is 16.8. The molecule has 1 fully saturated rings. The summed E-state index contributed by atoms with van der Waals surface area (Å²) in [5.41, 5.74) is 0. The van der Waals surface area contributed by atoms with E-state index in [0.717, 1.165) is 19.4 Å². The van der Waals surface area contributed by atoms with Gasteiger partial charge in [0, 0.05) is 25.2 Å². The highest BCUT2D eigenvalue weighted by Crippen LogP contribution is 2.32. The summed E-state index contributed by atoms with van der Waals surface area (Å²) in [5.74, 6) is -0.852. The topological polar surface area (TPSA) is 81.7 Å². The molecule has 0 aromatic rings. The number of carboxylic acid groups (broad SMARTS) is 1. The van der Waals surface area contributed by atoms with E-state index in [-0.39, 0.29) is 5.92 Å². The molecule has 0 bridgehead atoms. The van der Waals surface area contributed by atoms with Gasteiger partial charge in [-0.1, -0.05) is 0 Å². The average Bonchev–Trinajstić information content (AvgIpc) is 3.14. The van der Waals surface area contributed by atoms with Crippen LogP contribution in [0.2, 0.25) is 0 Å². The van der Waals surface area contributed by atoms with Gasteiger partial charge in [-0.15, -0.1) is 0 Å². The highest BCUT2D eigenvalue weighted by molar-refractivity contribution is 5.83. The molecule has 1 aliphatic rings. The maximum absolute atomic E-state index is 11.7. The zero-order chi connectivity index (χ0) is 15.3. The number of aliphatic carboxylic acids is 1. The quantitative estimate of drug-likeness (QED) is 0.627. The molecular weight excluding hydrogens is 258 g/mol. The van der Waals surface area contributed by atoms with E-state index in [1.807, 2.05) is 0 Å². The number of rotatable bonds is 8. The Morgan fingerprint density at radius 3 is 2.15 bits per heavy atom. The molecule has 1 unspecified atom stereocenters. The third kappa shape index (κ3) is 5.36. The fraction of sp³-hybridized carbons (Fsp3) is 0.857. The molecule has 1 saturated carbocycles. The van der Waals surface area contributed by atoms with Gasteiger partial charge in [0.1, 0.15) is 6.04 Å². The van der Waals surface area contributed by atoms with Crippen LogP contribution in [0.5, 0.6) is 0 Å². The van der Waals surface area contributed by atoms with Gasteiger partial charge in [0.05, 0.1) is 0 Å². The predicted octanol–water partition coefficient (Wildman–Crippen LogP) is 1.27. The van der Waals surface area contributed by atoms with Gasteiger partial charge < -0.3 is 15.7 Å². The Bertz CT molecular complexity index is 333. The van der Waals surface area contributed by atoms with E-state index in [9.17, 15) is 9.59 Å². The van der Waals surface area contributed by atoms with Gasteiger partial charge in [0.25, 0.3) is 0 Å². The molecule has 0 aliphatic heterocycles. The Hall–Kier alpha value is -1.30. The normalized spacial score (nSPS) is 16.6. The molecule has 20 heavy (non-hydrogen) atoms. The first-order chi connectivity index (χ1) is 9.32. The predicted molar refractivity (Wildman–Crippen MR) is 77.7 cm³/mol. The van der Waals surface area contributed by atoms with Crippen molar-refractivity contribution in [2.45, 2.75) is 58.7 Å². The molecule has 1 atom stereocenters. The van der Waals surface area contributed by atoms with Crippen molar-refractivity contribution in [2.75, 3.05) is 13.1 Å². The molecule has 1 aliphatic carbocycles. The fourth-order valence-corrected chi connectivity index (χ4v) is 2.41. The third-order valence-corrected chi connectivity index (χ3v) is 3.63. The lowest BCUT2D eigenvalue weighted by Gasteiger charge is -2.30. The Kier molecular flexibility index (Phi) is 6.26. The minimum absolute atomic E-state index is 0.0982. The number of carboxylic acids is 1. The van der Waals surface area contributed by atoms with Crippen molar-refractivity contribution in [3.8, 4) is 0 Å². The number of amides is 2. The number of hydrogen-bond acceptors (Lipinski definition) is 3. The monoisotopic (exact) mass is 285 g/mol. The van der Waals surface area contributed by atoms with Crippen LogP contribution in [0, 0.1) is 5.92 Å². The Labute approximate surface area is 120 Å². The highest BCUT2D eigenvalue weighted by Gasteiger charge is 2.37. The molecule has 116 valence electrons. The minimum atomic E-state index is -0.950. The fourth-order valence-electron chi connectivity index (χ4n) is 2.41. The number of nitrogens with one attached hydrogen (secondary N) is 2. The Morgan fingerprint density at radius 1 is 1.20 bits per heavy atom. The first-order valence-corrected chi connectivity index (χ1v) is 7.35. The van der Waals surface area contributed by atoms with Gasteiger partial charge in [-0.25, -0.2) is 9.59 Å². The van der Waals surface area contributed by atoms with Gasteiger partial charge >= 0.3 is 12.0 Å². The van der Waals surface area contributed by atoms with Crippen LogP contribution in [0.25, 0.3) is 0 Å². The van der Waals surface area contributed by atoms with Gasteiger partial charge in [-0.3, -0.25) is 4.90 Å². The number of urea groups is 1. The second kappa shape index (κ2) is 7.47. The average molecular weight is 285 g/mol. The summed E-state index contributed by atoms with van der Waals surface area (Å²) >= 11 is 0. The summed E-state index contributed by atoms with van der Waals surface area (Å²) in [6.07, 6.45) is 1.76. The van der Waals surface area contributed by atoms with Crippen LogP contribution in [0.1, 0.15) is 40.5 Å². The van der Waals surface area contributed by atoms with Gasteiger partial charge in [-0.2, -0.15) is 0 Å². The largest absolute Gasteiger partial charge is 0.480 e. The SMILES string of the molecule is CC(C)N(CCNC(=O)NC(C(=O)O)C1CC1)C(C)C. The van der Waals surface area contributed by atoms with Crippen molar-refractivity contribution in [3.05, 3.63) is 0 Å². The van der Waals surface area contributed by atoms with E-state index in [1.165, 1.54) is 0 Å². The van der Waals surface area contributed by atoms with Crippen LogP contribution in [-0.2, 0) is 4.79 Å². The Morgan fingerprint density at radius 2 is 1.75 bits per heavy atom. The standard InChI is InChI=1S/C14H27N3O3/c1-9(2)17(10(3)4)8-7-15-14(20)16-12(13(18)19)11-5-6-11/h9-12H,5-8H2,1-4H3,(H,18,19)(H2,15,16,20). The van der Waals surface area contributed by atoms with Crippen LogP contribution in [0.3, 0.4) is 0 Å². The van der Waals surface area contributed by atoms with E-state index in [0.29, 0.717) is 18.6 Å². The van der Waals surface area contributed by atoms with Crippen molar-refractivity contribution in [3.63, 3.8) is 0 Å². The molecule has 6 heteroatoms. The molecule has 2 amide bonds.